The van der Waals surface area contributed by atoms with Gasteiger partial charge in [-0.1, -0.05) is 48.5 Å². The van der Waals surface area contributed by atoms with E-state index in [4.69, 9.17) is 4.74 Å². The first-order valence-electron chi connectivity index (χ1n) is 10.8. The first kappa shape index (κ1) is 23.4. The Morgan fingerprint density at radius 3 is 2.49 bits per heavy atom. The van der Waals surface area contributed by atoms with Crippen LogP contribution in [0.2, 0.25) is 0 Å². The topological polar surface area (TPSA) is 95.9 Å². The van der Waals surface area contributed by atoms with E-state index in [1.54, 1.807) is 24.3 Å². The average molecular weight is 552 g/mol. The van der Waals surface area contributed by atoms with Crippen LogP contribution in [0, 0.1) is 0 Å². The summed E-state index contributed by atoms with van der Waals surface area (Å²) in [4.78, 5) is 0.108. The van der Waals surface area contributed by atoms with E-state index in [2.05, 4.69) is 20.7 Å². The molecule has 1 atom stereocenters. The predicted octanol–water partition coefficient (Wildman–Crippen LogP) is 6.39. The first-order valence-corrected chi connectivity index (χ1v) is 13.1. The Kier molecular flexibility index (Phi) is 5.83. The minimum atomic E-state index is -3.94. The number of nitrogens with one attached hydrogen (secondary N) is 1. The third kappa shape index (κ3) is 4.40. The van der Waals surface area contributed by atoms with E-state index in [-0.39, 0.29) is 22.1 Å². The highest BCUT2D eigenvalue weighted by molar-refractivity contribution is 9.10. The van der Waals surface area contributed by atoms with Crippen LogP contribution >= 0.6 is 15.9 Å². The maximum Gasteiger partial charge on any atom is 0.261 e. The summed E-state index contributed by atoms with van der Waals surface area (Å²) in [5.74, 6) is 0.126. The Morgan fingerprint density at radius 2 is 1.74 bits per heavy atom. The Balaban J connectivity index is 1.63. The fraction of sp³-hybridized carbons (Fsp3) is 0.111. The SMILES string of the molecule is COC1(Br)C=CC(S(=O)(=O)Nc2cc(-c3ccc4ccccc4c3O)cc3ccc(O)cc23)=CC1. The Morgan fingerprint density at radius 1 is 0.971 bits per heavy atom. The van der Waals surface area contributed by atoms with Crippen LogP contribution < -0.4 is 4.72 Å². The Labute approximate surface area is 211 Å². The first-order chi connectivity index (χ1) is 16.7. The third-order valence-corrected chi connectivity index (χ3v) is 8.45. The largest absolute Gasteiger partial charge is 0.508 e. The predicted molar refractivity (Wildman–Crippen MR) is 143 cm³/mol. The highest BCUT2D eigenvalue weighted by atomic mass is 79.9. The number of halogens is 1. The number of methoxy groups -OCH3 is 1. The molecule has 0 spiro atoms. The molecule has 0 saturated heterocycles. The Hall–Kier alpha value is -3.33. The summed E-state index contributed by atoms with van der Waals surface area (Å²) in [5, 5.41) is 23.9. The van der Waals surface area contributed by atoms with Gasteiger partial charge < -0.3 is 14.9 Å². The van der Waals surface area contributed by atoms with E-state index in [1.807, 2.05) is 42.5 Å². The van der Waals surface area contributed by atoms with Crippen molar-refractivity contribution in [2.45, 2.75) is 10.9 Å². The molecule has 0 bridgehead atoms. The normalized spacial score (nSPS) is 18.1. The van der Waals surface area contributed by atoms with Gasteiger partial charge in [-0.05, 0) is 68.7 Å². The van der Waals surface area contributed by atoms with E-state index in [9.17, 15) is 18.6 Å². The summed E-state index contributed by atoms with van der Waals surface area (Å²) >= 11 is 3.44. The molecule has 0 aromatic heterocycles. The van der Waals surface area contributed by atoms with Gasteiger partial charge in [0.1, 0.15) is 16.0 Å². The van der Waals surface area contributed by atoms with Gasteiger partial charge in [-0.15, -0.1) is 0 Å². The number of hydrogen-bond donors (Lipinski definition) is 3. The molecule has 3 N–H and O–H groups in total. The molecular formula is C27H22BrNO5S. The molecule has 0 saturated carbocycles. The minimum absolute atomic E-state index is 0.0141. The number of phenolic OH excluding ortho intramolecular Hbond substituents is 2. The molecule has 4 aromatic carbocycles. The van der Waals surface area contributed by atoms with Gasteiger partial charge in [0, 0.05) is 29.9 Å². The standard InChI is InChI=1S/C27H22BrNO5S/c1-34-27(28)12-10-21(11-13-27)35(32,33)29-25-15-19(14-18-6-8-20(30)16-24(18)25)23-9-7-17-4-2-3-5-22(17)26(23)31/h2-12,14-16,29-31H,13H2,1H3. The molecule has 0 radical (unpaired) electrons. The maximum absolute atomic E-state index is 13.3. The van der Waals surface area contributed by atoms with Crippen LogP contribution in [0.5, 0.6) is 11.5 Å². The van der Waals surface area contributed by atoms with Crippen molar-refractivity contribution in [3.05, 3.63) is 89.9 Å². The zero-order chi connectivity index (χ0) is 24.8. The van der Waals surface area contributed by atoms with Crippen molar-refractivity contribution >= 4 is 53.2 Å². The van der Waals surface area contributed by atoms with Crippen LogP contribution in [0.3, 0.4) is 0 Å². The van der Waals surface area contributed by atoms with Crippen LogP contribution in [0.1, 0.15) is 6.42 Å². The van der Waals surface area contributed by atoms with Crippen LogP contribution in [0.4, 0.5) is 5.69 Å². The lowest BCUT2D eigenvalue weighted by atomic mass is 9.96. The van der Waals surface area contributed by atoms with Crippen LogP contribution in [0.15, 0.2) is 89.9 Å². The lowest BCUT2D eigenvalue weighted by Crippen LogP contribution is -2.24. The molecule has 0 fully saturated rings. The van der Waals surface area contributed by atoms with Gasteiger partial charge in [0.15, 0.2) is 0 Å². The maximum atomic E-state index is 13.3. The molecule has 178 valence electrons. The second-order valence-electron chi connectivity index (χ2n) is 8.35. The summed E-state index contributed by atoms with van der Waals surface area (Å²) in [7, 11) is -2.40. The molecule has 0 aliphatic heterocycles. The number of ether oxygens (including phenoxy) is 1. The number of phenols is 2. The molecule has 6 nitrogen and oxygen atoms in total. The summed E-state index contributed by atoms with van der Waals surface area (Å²) < 4.78 is 33.8. The summed E-state index contributed by atoms with van der Waals surface area (Å²) in [5.41, 5.74) is 1.49. The quantitative estimate of drug-likeness (QED) is 0.249. The number of alkyl halides is 1. The second-order valence-corrected chi connectivity index (χ2v) is 11.4. The van der Waals surface area contributed by atoms with E-state index < -0.39 is 14.5 Å². The second kappa shape index (κ2) is 8.71. The molecule has 0 amide bonds. The van der Waals surface area contributed by atoms with E-state index in [0.717, 1.165) is 5.39 Å². The van der Waals surface area contributed by atoms with Crippen molar-refractivity contribution in [2.24, 2.45) is 0 Å². The van der Waals surface area contributed by atoms with Crippen molar-refractivity contribution < 1.29 is 23.4 Å². The number of sulfonamides is 1. The van der Waals surface area contributed by atoms with Gasteiger partial charge in [0.05, 0.1) is 10.6 Å². The fourth-order valence-electron chi connectivity index (χ4n) is 4.21. The Bertz CT molecular complexity index is 1640. The summed E-state index contributed by atoms with van der Waals surface area (Å²) in [6.45, 7) is 0. The molecule has 1 aliphatic rings. The molecule has 0 heterocycles. The number of aromatic hydroxyl groups is 2. The van der Waals surface area contributed by atoms with Crippen molar-refractivity contribution in [3.63, 3.8) is 0 Å². The molecule has 4 aromatic rings. The number of fused-ring (bicyclic) bond motifs is 2. The van der Waals surface area contributed by atoms with Gasteiger partial charge in [-0.25, -0.2) is 8.42 Å². The lowest BCUT2D eigenvalue weighted by Gasteiger charge is -2.24. The number of rotatable bonds is 5. The van der Waals surface area contributed by atoms with Crippen LogP contribution in [0.25, 0.3) is 32.7 Å². The number of anilines is 1. The highest BCUT2D eigenvalue weighted by Crippen LogP contribution is 2.40. The smallest absolute Gasteiger partial charge is 0.261 e. The van der Waals surface area contributed by atoms with Gasteiger partial charge in [0.25, 0.3) is 10.0 Å². The van der Waals surface area contributed by atoms with Gasteiger partial charge in [0.2, 0.25) is 0 Å². The average Bonchev–Trinajstić information content (AvgIpc) is 2.85. The van der Waals surface area contributed by atoms with E-state index in [0.29, 0.717) is 33.7 Å². The molecular weight excluding hydrogens is 530 g/mol. The number of allylic oxidation sites excluding steroid dienone is 1. The van der Waals surface area contributed by atoms with Crippen molar-refractivity contribution in [1.29, 1.82) is 0 Å². The number of benzene rings is 4. The zero-order valence-electron chi connectivity index (χ0n) is 18.7. The van der Waals surface area contributed by atoms with Gasteiger partial charge in [-0.3, -0.25) is 4.72 Å². The van der Waals surface area contributed by atoms with E-state index >= 15 is 0 Å². The van der Waals surface area contributed by atoms with Crippen LogP contribution in [-0.2, 0) is 14.8 Å². The van der Waals surface area contributed by atoms with Crippen molar-refractivity contribution in [2.75, 3.05) is 11.8 Å². The van der Waals surface area contributed by atoms with Crippen molar-refractivity contribution in [3.8, 4) is 22.6 Å². The molecule has 35 heavy (non-hydrogen) atoms. The summed E-state index contributed by atoms with van der Waals surface area (Å²) in [6, 6.07) is 19.5. The highest BCUT2D eigenvalue weighted by Gasteiger charge is 2.28. The van der Waals surface area contributed by atoms with Crippen molar-refractivity contribution in [1.82, 2.24) is 0 Å². The third-order valence-electron chi connectivity index (χ3n) is 6.12. The lowest BCUT2D eigenvalue weighted by molar-refractivity contribution is 0.119. The fourth-order valence-corrected chi connectivity index (χ4v) is 5.63. The van der Waals surface area contributed by atoms with E-state index in [1.165, 1.54) is 25.3 Å². The monoisotopic (exact) mass is 551 g/mol. The zero-order valence-corrected chi connectivity index (χ0v) is 21.1. The van der Waals surface area contributed by atoms with Crippen LogP contribution in [-0.4, -0.2) is 30.3 Å². The summed E-state index contributed by atoms with van der Waals surface area (Å²) in [6.07, 6.45) is 5.06. The van der Waals surface area contributed by atoms with Gasteiger partial charge in [-0.2, -0.15) is 0 Å². The minimum Gasteiger partial charge on any atom is -0.508 e. The van der Waals surface area contributed by atoms with Gasteiger partial charge >= 0.3 is 0 Å². The molecule has 1 unspecified atom stereocenters. The molecule has 5 rings (SSSR count). The number of hydrogen-bond acceptors (Lipinski definition) is 5. The molecule has 1 aliphatic carbocycles. The molecule has 8 heteroatoms.